The second-order valence-electron chi connectivity index (χ2n) is 6.05. The zero-order valence-electron chi connectivity index (χ0n) is 12.7. The van der Waals surface area contributed by atoms with Gasteiger partial charge in [-0.25, -0.2) is 4.79 Å². The lowest BCUT2D eigenvalue weighted by molar-refractivity contribution is -0.143. The van der Waals surface area contributed by atoms with E-state index in [1.807, 2.05) is 20.8 Å². The lowest BCUT2D eigenvalue weighted by atomic mass is 9.86. The molecular formula is C14H25NO5. The molecule has 1 aliphatic rings. The molecule has 0 aromatic heterocycles. The van der Waals surface area contributed by atoms with Crippen LogP contribution in [0.2, 0.25) is 0 Å². The Morgan fingerprint density at radius 1 is 1.30 bits per heavy atom. The molecule has 1 rings (SSSR count). The maximum Gasteiger partial charge on any atom is 0.407 e. The number of methoxy groups -OCH3 is 1. The Hall–Kier alpha value is -1.30. The van der Waals surface area contributed by atoms with Crippen LogP contribution in [0.1, 0.15) is 33.6 Å². The van der Waals surface area contributed by atoms with Crippen molar-refractivity contribution in [3.63, 3.8) is 0 Å². The zero-order valence-corrected chi connectivity index (χ0v) is 12.7. The molecule has 0 aromatic rings. The average Bonchev–Trinajstić information content (AvgIpc) is 2.35. The van der Waals surface area contributed by atoms with Gasteiger partial charge in [0.15, 0.2) is 0 Å². The van der Waals surface area contributed by atoms with Gasteiger partial charge < -0.3 is 19.5 Å². The van der Waals surface area contributed by atoms with Gasteiger partial charge in [-0.15, -0.1) is 0 Å². The highest BCUT2D eigenvalue weighted by Crippen LogP contribution is 2.24. The third-order valence-electron chi connectivity index (χ3n) is 3.20. The molecule has 2 unspecified atom stereocenters. The van der Waals surface area contributed by atoms with Gasteiger partial charge in [0.2, 0.25) is 0 Å². The summed E-state index contributed by atoms with van der Waals surface area (Å²) in [4.78, 5) is 23.0. The minimum absolute atomic E-state index is 0.0751. The summed E-state index contributed by atoms with van der Waals surface area (Å²) in [7, 11) is 1.37. The first-order chi connectivity index (χ1) is 9.31. The van der Waals surface area contributed by atoms with Crippen molar-refractivity contribution in [3.05, 3.63) is 0 Å². The van der Waals surface area contributed by atoms with Crippen molar-refractivity contribution in [2.45, 2.75) is 39.2 Å². The molecule has 1 amide bonds. The number of alkyl carbamates (subject to hydrolysis) is 1. The number of amides is 1. The highest BCUT2D eigenvalue weighted by Gasteiger charge is 2.29. The number of hydrogen-bond acceptors (Lipinski definition) is 5. The van der Waals surface area contributed by atoms with E-state index in [2.05, 4.69) is 10.1 Å². The Bertz CT molecular complexity index is 337. The lowest BCUT2D eigenvalue weighted by Crippen LogP contribution is -2.40. The first-order valence-electron chi connectivity index (χ1n) is 6.93. The fourth-order valence-electron chi connectivity index (χ4n) is 2.16. The number of ether oxygens (including phenoxy) is 3. The summed E-state index contributed by atoms with van der Waals surface area (Å²) in [5, 5.41) is 2.76. The molecule has 0 spiro atoms. The lowest BCUT2D eigenvalue weighted by Gasteiger charge is -2.31. The largest absolute Gasteiger partial charge is 0.469 e. The molecule has 0 aromatic carbocycles. The van der Waals surface area contributed by atoms with Gasteiger partial charge >= 0.3 is 12.1 Å². The molecule has 6 nitrogen and oxygen atoms in total. The van der Waals surface area contributed by atoms with E-state index < -0.39 is 11.7 Å². The van der Waals surface area contributed by atoms with Crippen molar-refractivity contribution in [2.24, 2.45) is 11.8 Å². The normalized spacial score (nSPS) is 23.0. The Balaban J connectivity index is 2.42. The van der Waals surface area contributed by atoms with E-state index in [0.717, 1.165) is 6.42 Å². The van der Waals surface area contributed by atoms with Crippen molar-refractivity contribution < 1.29 is 23.8 Å². The van der Waals surface area contributed by atoms with Gasteiger partial charge in [0.25, 0.3) is 0 Å². The van der Waals surface area contributed by atoms with E-state index in [9.17, 15) is 9.59 Å². The van der Waals surface area contributed by atoms with Crippen molar-refractivity contribution in [1.82, 2.24) is 5.32 Å². The zero-order chi connectivity index (χ0) is 15.2. The molecular weight excluding hydrogens is 262 g/mol. The second kappa shape index (κ2) is 7.47. The topological polar surface area (TPSA) is 73.9 Å². The van der Waals surface area contributed by atoms with E-state index in [-0.39, 0.29) is 17.8 Å². The Labute approximate surface area is 120 Å². The maximum atomic E-state index is 11.6. The van der Waals surface area contributed by atoms with Crippen molar-refractivity contribution >= 4 is 12.1 Å². The van der Waals surface area contributed by atoms with E-state index in [1.165, 1.54) is 7.11 Å². The second-order valence-corrected chi connectivity index (χ2v) is 6.05. The Morgan fingerprint density at radius 2 is 2.00 bits per heavy atom. The fraction of sp³-hybridized carbons (Fsp3) is 0.857. The quantitative estimate of drug-likeness (QED) is 0.797. The van der Waals surface area contributed by atoms with E-state index in [4.69, 9.17) is 9.47 Å². The molecule has 1 saturated heterocycles. The van der Waals surface area contributed by atoms with Gasteiger partial charge in [-0.3, -0.25) is 4.79 Å². The molecule has 1 heterocycles. The molecule has 1 N–H and O–H groups in total. The van der Waals surface area contributed by atoms with Crippen LogP contribution in [0, 0.1) is 11.8 Å². The van der Waals surface area contributed by atoms with Crippen molar-refractivity contribution in [1.29, 1.82) is 0 Å². The molecule has 20 heavy (non-hydrogen) atoms. The van der Waals surface area contributed by atoms with Crippen LogP contribution in [0.5, 0.6) is 0 Å². The number of carbonyl (C=O) groups excluding carboxylic acids is 2. The van der Waals surface area contributed by atoms with E-state index in [0.29, 0.717) is 26.2 Å². The summed E-state index contributed by atoms with van der Waals surface area (Å²) in [6, 6.07) is 0. The van der Waals surface area contributed by atoms with Crippen molar-refractivity contribution in [3.8, 4) is 0 Å². The molecule has 1 fully saturated rings. The van der Waals surface area contributed by atoms with Crippen LogP contribution >= 0.6 is 0 Å². The Morgan fingerprint density at radius 3 is 2.60 bits per heavy atom. The molecule has 0 bridgehead atoms. The van der Waals surface area contributed by atoms with Crippen LogP contribution in [0.3, 0.4) is 0 Å². The summed E-state index contributed by atoms with van der Waals surface area (Å²) in [5.41, 5.74) is -0.509. The van der Waals surface area contributed by atoms with E-state index >= 15 is 0 Å². The van der Waals surface area contributed by atoms with Gasteiger partial charge in [-0.1, -0.05) is 0 Å². The van der Waals surface area contributed by atoms with Gasteiger partial charge in [0.05, 0.1) is 20.1 Å². The number of carbonyl (C=O) groups is 2. The van der Waals surface area contributed by atoms with Gasteiger partial charge in [-0.05, 0) is 39.0 Å². The van der Waals surface area contributed by atoms with Crippen LogP contribution in [0.4, 0.5) is 4.79 Å². The summed E-state index contributed by atoms with van der Waals surface area (Å²) in [6.45, 7) is 7.12. The highest BCUT2D eigenvalue weighted by atomic mass is 16.6. The smallest absolute Gasteiger partial charge is 0.407 e. The predicted molar refractivity (Wildman–Crippen MR) is 73.3 cm³/mol. The first kappa shape index (κ1) is 16.8. The molecule has 0 radical (unpaired) electrons. The van der Waals surface area contributed by atoms with Crippen LogP contribution in [0.25, 0.3) is 0 Å². The minimum Gasteiger partial charge on any atom is -0.469 e. The van der Waals surface area contributed by atoms with Gasteiger partial charge in [0.1, 0.15) is 5.60 Å². The summed E-state index contributed by atoms with van der Waals surface area (Å²) >= 11 is 0. The van der Waals surface area contributed by atoms with Crippen molar-refractivity contribution in [2.75, 3.05) is 26.9 Å². The Kier molecular flexibility index (Phi) is 6.26. The number of hydrogen-bond donors (Lipinski definition) is 1. The SMILES string of the molecule is COC(=O)CC1COCCC1CNC(=O)OC(C)(C)C. The van der Waals surface area contributed by atoms with Gasteiger partial charge in [0, 0.05) is 13.2 Å². The minimum atomic E-state index is -0.509. The third-order valence-corrected chi connectivity index (χ3v) is 3.20. The number of rotatable bonds is 4. The number of esters is 1. The van der Waals surface area contributed by atoms with Crippen LogP contribution in [0.15, 0.2) is 0 Å². The molecule has 116 valence electrons. The highest BCUT2D eigenvalue weighted by molar-refractivity contribution is 5.69. The average molecular weight is 287 g/mol. The predicted octanol–water partition coefficient (Wildman–Crippen LogP) is 1.73. The summed E-state index contributed by atoms with van der Waals surface area (Å²) in [5.74, 6) is 0.0317. The van der Waals surface area contributed by atoms with Crippen LogP contribution in [-0.4, -0.2) is 44.5 Å². The fourth-order valence-corrected chi connectivity index (χ4v) is 2.16. The van der Waals surface area contributed by atoms with E-state index in [1.54, 1.807) is 0 Å². The molecule has 1 aliphatic heterocycles. The molecule has 2 atom stereocenters. The molecule has 6 heteroatoms. The first-order valence-corrected chi connectivity index (χ1v) is 6.93. The molecule has 0 saturated carbocycles. The third kappa shape index (κ3) is 6.23. The summed E-state index contributed by atoms with van der Waals surface area (Å²) < 4.78 is 15.3. The summed E-state index contributed by atoms with van der Waals surface area (Å²) in [6.07, 6.45) is 0.704. The van der Waals surface area contributed by atoms with Crippen LogP contribution < -0.4 is 5.32 Å². The maximum absolute atomic E-state index is 11.6. The monoisotopic (exact) mass is 287 g/mol. The number of nitrogens with one attached hydrogen (secondary N) is 1. The van der Waals surface area contributed by atoms with Gasteiger partial charge in [-0.2, -0.15) is 0 Å². The molecule has 0 aliphatic carbocycles. The standard InChI is InChI=1S/C14H25NO5/c1-14(2,3)20-13(17)15-8-10-5-6-19-9-11(10)7-12(16)18-4/h10-11H,5-9H2,1-4H3,(H,15,17). The van der Waals surface area contributed by atoms with Crippen LogP contribution in [-0.2, 0) is 19.0 Å².